The smallest absolute Gasteiger partial charge is 0.485 e. The number of alkyl halides is 6. The topological polar surface area (TPSA) is 126 Å². The van der Waals surface area contributed by atoms with Gasteiger partial charge >= 0.3 is 11.0 Å². The summed E-state index contributed by atoms with van der Waals surface area (Å²) in [4.78, 5) is 2.62. The van der Waals surface area contributed by atoms with Crippen molar-refractivity contribution in [3.8, 4) is 0 Å². The van der Waals surface area contributed by atoms with Gasteiger partial charge in [-0.2, -0.15) is 26.3 Å². The highest BCUT2D eigenvalue weighted by Gasteiger charge is 2.38. The highest BCUT2D eigenvalue weighted by molar-refractivity contribution is 7.86. The molecule has 3 fully saturated rings. The van der Waals surface area contributed by atoms with Crippen LogP contribution in [0.25, 0.3) is 0 Å². The van der Waals surface area contributed by atoms with Crippen molar-refractivity contribution in [2.75, 3.05) is 45.8 Å². The first-order chi connectivity index (χ1) is 14.8. The fraction of sp³-hybridized carbons (Fsp3) is 0.800. The average Bonchev–Trinajstić information content (AvgIpc) is 3.06. The van der Waals surface area contributed by atoms with Crippen molar-refractivity contribution in [3.63, 3.8) is 0 Å². The number of hydrogen-bond acceptors (Lipinski definition) is 7. The van der Waals surface area contributed by atoms with Gasteiger partial charge in [0.15, 0.2) is 20.2 Å². The number of fused-ring (bicyclic) bond motifs is 3. The molecule has 0 N–H and O–H groups in total. The highest BCUT2D eigenvalue weighted by atomic mass is 32.2. The zero-order valence-corrected chi connectivity index (χ0v) is 19.1. The van der Waals surface area contributed by atoms with Gasteiger partial charge in [0.2, 0.25) is 6.33 Å². The first-order valence-electron chi connectivity index (χ1n) is 9.39. The van der Waals surface area contributed by atoms with Gasteiger partial charge in [0.05, 0.1) is 39.8 Å². The Morgan fingerprint density at radius 3 is 1.61 bits per heavy atom. The maximum absolute atomic E-state index is 10.7. The van der Waals surface area contributed by atoms with E-state index in [4.69, 9.17) is 25.9 Å². The molecule has 0 atom stereocenters. The highest BCUT2D eigenvalue weighted by Crippen LogP contribution is 2.21. The van der Waals surface area contributed by atoms with Crippen LogP contribution in [0, 0.1) is 0 Å². The Hall–Kier alpha value is -1.47. The van der Waals surface area contributed by atoms with Crippen LogP contribution in [0.3, 0.4) is 0 Å². The number of piperazine rings is 3. The zero-order chi connectivity index (χ0) is 25.7. The molecule has 1 aromatic rings. The van der Waals surface area contributed by atoms with Crippen molar-refractivity contribution in [2.24, 2.45) is 7.05 Å². The van der Waals surface area contributed by atoms with E-state index in [1.807, 2.05) is 0 Å². The molecule has 18 heteroatoms. The summed E-state index contributed by atoms with van der Waals surface area (Å²) in [7, 11) is -10.1. The Kier molecular flexibility index (Phi) is 9.72. The maximum Gasteiger partial charge on any atom is 0.485 e. The summed E-state index contributed by atoms with van der Waals surface area (Å²) in [6.07, 6.45) is 7.78. The third-order valence-electron chi connectivity index (χ3n) is 5.11. The Balaban J connectivity index is 0.000000288. The van der Waals surface area contributed by atoms with E-state index in [0.29, 0.717) is 0 Å². The van der Waals surface area contributed by atoms with Gasteiger partial charge in [0, 0.05) is 26.1 Å². The van der Waals surface area contributed by atoms with Gasteiger partial charge in [-0.25, -0.2) is 26.0 Å². The molecular formula is C15H24F6N4O6S2. The fourth-order valence-electron chi connectivity index (χ4n) is 3.29. The quantitative estimate of drug-likeness (QED) is 0.174. The van der Waals surface area contributed by atoms with E-state index < -0.39 is 31.3 Å². The minimum atomic E-state index is -6.09. The minimum Gasteiger partial charge on any atom is -0.741 e. The van der Waals surface area contributed by atoms with Crippen LogP contribution < -0.4 is 4.57 Å². The molecule has 0 spiro atoms. The molecule has 3 aliphatic rings. The van der Waals surface area contributed by atoms with Crippen LogP contribution in [0.2, 0.25) is 0 Å². The average molecular weight is 535 g/mol. The first kappa shape index (κ1) is 29.6. The van der Waals surface area contributed by atoms with Gasteiger partial charge in [0.25, 0.3) is 0 Å². The molecule has 0 amide bonds. The molecule has 0 unspecified atom stereocenters. The molecule has 3 saturated heterocycles. The Bertz CT molecular complexity index is 914. The largest absolute Gasteiger partial charge is 0.741 e. The second kappa shape index (κ2) is 10.9. The number of rotatable bonds is 4. The van der Waals surface area contributed by atoms with Crippen LogP contribution in [0.15, 0.2) is 18.7 Å². The lowest BCUT2D eigenvalue weighted by Gasteiger charge is -2.50. The molecule has 0 saturated carbocycles. The first-order valence-corrected chi connectivity index (χ1v) is 12.2. The SMILES string of the molecule is C[n+]1ccn(CCC[N+]23CCN(CC2)CC3)c1.O=S(=O)([O-])C(F)(F)F.O=S(=O)([O-])C(F)(F)F. The van der Waals surface area contributed by atoms with Crippen molar-refractivity contribution < 1.29 is 61.3 Å². The van der Waals surface area contributed by atoms with E-state index in [1.54, 1.807) is 0 Å². The van der Waals surface area contributed by atoms with Crippen LogP contribution in [-0.4, -0.2) is 96.7 Å². The summed E-state index contributed by atoms with van der Waals surface area (Å²) in [5.74, 6) is 0. The van der Waals surface area contributed by atoms with Crippen molar-refractivity contribution in [3.05, 3.63) is 18.7 Å². The number of nitrogens with zero attached hydrogens (tertiary/aromatic N) is 4. The number of aromatic nitrogens is 2. The monoisotopic (exact) mass is 534 g/mol. The lowest BCUT2D eigenvalue weighted by Crippen LogP contribution is -2.67. The summed E-state index contributed by atoms with van der Waals surface area (Å²) in [5.41, 5.74) is -11.3. The summed E-state index contributed by atoms with van der Waals surface area (Å²) in [6, 6.07) is 0. The van der Waals surface area contributed by atoms with Gasteiger partial charge < -0.3 is 13.6 Å². The molecular weight excluding hydrogens is 510 g/mol. The lowest BCUT2D eigenvalue weighted by molar-refractivity contribution is -0.941. The van der Waals surface area contributed by atoms with Crippen molar-refractivity contribution in [1.29, 1.82) is 0 Å². The molecule has 1 aromatic heterocycles. The van der Waals surface area contributed by atoms with Crippen molar-refractivity contribution in [2.45, 2.75) is 24.0 Å². The van der Waals surface area contributed by atoms with E-state index in [9.17, 15) is 26.3 Å². The van der Waals surface area contributed by atoms with Crippen LogP contribution in [0.4, 0.5) is 26.3 Å². The van der Waals surface area contributed by atoms with Crippen LogP contribution in [-0.2, 0) is 33.8 Å². The standard InChI is InChI=1S/C13H24N4.2CHF3O3S/c1-14-4-5-16(13-14)3-2-9-17-10-6-15(7-11-17)8-12-17;2*2-1(3,4)8(5,6)7/h4-5,13H,2-3,6-12H2,1H3;2*(H,5,6,7)/q+2;;/p-2. The van der Waals surface area contributed by atoms with Crippen molar-refractivity contribution >= 4 is 20.2 Å². The van der Waals surface area contributed by atoms with Crippen LogP contribution >= 0.6 is 0 Å². The summed E-state index contributed by atoms with van der Waals surface area (Å²) in [6.45, 7) is 10.7. The zero-order valence-electron chi connectivity index (χ0n) is 17.4. The molecule has 4 heterocycles. The summed E-state index contributed by atoms with van der Waals surface area (Å²) < 4.78 is 124. The molecule has 0 radical (unpaired) electrons. The van der Waals surface area contributed by atoms with E-state index >= 15 is 0 Å². The maximum atomic E-state index is 10.7. The van der Waals surface area contributed by atoms with E-state index in [2.05, 4.69) is 39.8 Å². The number of imidazole rings is 1. The third kappa shape index (κ3) is 9.73. The van der Waals surface area contributed by atoms with Gasteiger partial charge in [-0.1, -0.05) is 0 Å². The number of aryl methyl sites for hydroxylation is 2. The molecule has 10 nitrogen and oxygen atoms in total. The Morgan fingerprint density at radius 1 is 0.909 bits per heavy atom. The van der Waals surface area contributed by atoms with Gasteiger partial charge in [-0.3, -0.25) is 4.90 Å². The minimum absolute atomic E-state index is 1.17. The van der Waals surface area contributed by atoms with Gasteiger partial charge in [-0.15, -0.1) is 0 Å². The Morgan fingerprint density at radius 2 is 1.30 bits per heavy atom. The van der Waals surface area contributed by atoms with Gasteiger partial charge in [0.1, 0.15) is 12.4 Å². The molecule has 194 valence electrons. The van der Waals surface area contributed by atoms with E-state index in [1.165, 1.54) is 63.3 Å². The van der Waals surface area contributed by atoms with Crippen molar-refractivity contribution in [1.82, 2.24) is 9.47 Å². The van der Waals surface area contributed by atoms with Crippen LogP contribution in [0.1, 0.15) is 6.42 Å². The predicted molar refractivity (Wildman–Crippen MR) is 97.9 cm³/mol. The predicted octanol–water partition coefficient (Wildman–Crippen LogP) is -0.0485. The van der Waals surface area contributed by atoms with Gasteiger partial charge in [-0.05, 0) is 0 Å². The normalized spacial score (nSPS) is 23.2. The Labute approximate surface area is 187 Å². The number of quaternary nitrogens is 1. The fourth-order valence-corrected chi connectivity index (χ4v) is 3.29. The molecule has 4 rings (SSSR count). The molecule has 33 heavy (non-hydrogen) atoms. The molecule has 0 aliphatic carbocycles. The lowest BCUT2D eigenvalue weighted by atomic mass is 10.1. The van der Waals surface area contributed by atoms with Crippen LogP contribution in [0.5, 0.6) is 0 Å². The molecule has 2 bridgehead atoms. The second-order valence-corrected chi connectivity index (χ2v) is 10.3. The molecule has 0 aromatic carbocycles. The summed E-state index contributed by atoms with van der Waals surface area (Å²) in [5, 5.41) is 0. The summed E-state index contributed by atoms with van der Waals surface area (Å²) >= 11 is 0. The third-order valence-corrected chi connectivity index (χ3v) is 6.25. The van der Waals surface area contributed by atoms with E-state index in [0.717, 1.165) is 0 Å². The number of hydrogen-bond donors (Lipinski definition) is 0. The number of halogens is 6. The molecule has 3 aliphatic heterocycles. The van der Waals surface area contributed by atoms with E-state index in [-0.39, 0.29) is 0 Å². The second-order valence-electron chi connectivity index (χ2n) is 7.55.